The Bertz CT molecular complexity index is 595. The summed E-state index contributed by atoms with van der Waals surface area (Å²) < 4.78 is 4.71. The number of aromatic nitrogens is 2. The third-order valence-corrected chi connectivity index (χ3v) is 3.87. The van der Waals surface area contributed by atoms with Crippen LogP contribution in [0.2, 0.25) is 0 Å². The highest BCUT2D eigenvalue weighted by Gasteiger charge is 2.23. The fourth-order valence-electron chi connectivity index (χ4n) is 2.55. The molecule has 2 unspecified atom stereocenters. The quantitative estimate of drug-likeness (QED) is 0.893. The number of amides is 1. The Morgan fingerprint density at radius 2 is 2.19 bits per heavy atom. The van der Waals surface area contributed by atoms with Crippen molar-refractivity contribution in [1.29, 1.82) is 0 Å². The molecule has 0 aliphatic carbocycles. The molecule has 1 amide bonds. The Labute approximate surface area is 122 Å². The van der Waals surface area contributed by atoms with Gasteiger partial charge in [0.15, 0.2) is 0 Å². The first-order valence-electron chi connectivity index (χ1n) is 7.12. The predicted octanol–water partition coefficient (Wildman–Crippen LogP) is 1.46. The fourth-order valence-corrected chi connectivity index (χ4v) is 2.55. The van der Waals surface area contributed by atoms with E-state index in [0.717, 1.165) is 25.1 Å². The van der Waals surface area contributed by atoms with Gasteiger partial charge in [-0.25, -0.2) is 0 Å². The molecule has 0 spiro atoms. The van der Waals surface area contributed by atoms with Crippen molar-refractivity contribution in [2.75, 3.05) is 13.1 Å². The van der Waals surface area contributed by atoms with Crippen LogP contribution in [0, 0.1) is 5.92 Å². The van der Waals surface area contributed by atoms with Crippen LogP contribution in [0.3, 0.4) is 0 Å². The minimum absolute atomic E-state index is 0.0339. The summed E-state index contributed by atoms with van der Waals surface area (Å²) in [5.41, 5.74) is 1.48. The van der Waals surface area contributed by atoms with Crippen LogP contribution in [-0.2, 0) is 0 Å². The summed E-state index contributed by atoms with van der Waals surface area (Å²) in [5, 5.41) is 10.2. The van der Waals surface area contributed by atoms with E-state index in [9.17, 15) is 4.79 Å². The maximum atomic E-state index is 12.3. The highest BCUT2D eigenvalue weighted by molar-refractivity contribution is 5.94. The molecule has 1 aliphatic rings. The molecule has 0 bridgehead atoms. The van der Waals surface area contributed by atoms with E-state index in [1.165, 1.54) is 6.39 Å². The van der Waals surface area contributed by atoms with Crippen molar-refractivity contribution in [3.8, 4) is 11.4 Å². The lowest BCUT2D eigenvalue weighted by Crippen LogP contribution is -2.48. The molecule has 0 saturated carbocycles. The van der Waals surface area contributed by atoms with Gasteiger partial charge in [-0.2, -0.15) is 4.98 Å². The molecule has 110 valence electrons. The third kappa shape index (κ3) is 3.11. The van der Waals surface area contributed by atoms with Crippen molar-refractivity contribution < 1.29 is 9.32 Å². The smallest absolute Gasteiger partial charge is 0.251 e. The van der Waals surface area contributed by atoms with E-state index in [4.69, 9.17) is 4.52 Å². The minimum atomic E-state index is -0.0339. The van der Waals surface area contributed by atoms with E-state index < -0.39 is 0 Å². The second-order valence-corrected chi connectivity index (χ2v) is 5.38. The first kappa shape index (κ1) is 13.8. The van der Waals surface area contributed by atoms with Crippen LogP contribution < -0.4 is 10.6 Å². The Balaban J connectivity index is 1.67. The van der Waals surface area contributed by atoms with Crippen LogP contribution >= 0.6 is 0 Å². The average molecular weight is 286 g/mol. The van der Waals surface area contributed by atoms with Gasteiger partial charge >= 0.3 is 0 Å². The second-order valence-electron chi connectivity index (χ2n) is 5.38. The maximum absolute atomic E-state index is 12.3. The van der Waals surface area contributed by atoms with Crippen LogP contribution in [0.5, 0.6) is 0 Å². The topological polar surface area (TPSA) is 80.0 Å². The Morgan fingerprint density at radius 1 is 1.38 bits per heavy atom. The van der Waals surface area contributed by atoms with Gasteiger partial charge in [-0.15, -0.1) is 0 Å². The van der Waals surface area contributed by atoms with Crippen molar-refractivity contribution >= 4 is 5.91 Å². The molecular formula is C15H18N4O2. The number of nitrogens with zero attached hydrogens (tertiary/aromatic N) is 2. The first-order valence-corrected chi connectivity index (χ1v) is 7.12. The van der Waals surface area contributed by atoms with Crippen molar-refractivity contribution in [3.05, 3.63) is 36.2 Å². The molecule has 1 aromatic heterocycles. The first-order chi connectivity index (χ1) is 10.2. The van der Waals surface area contributed by atoms with Gasteiger partial charge in [0.05, 0.1) is 0 Å². The monoisotopic (exact) mass is 286 g/mol. The number of carbonyl (C=O) groups is 1. The minimum Gasteiger partial charge on any atom is -0.349 e. The van der Waals surface area contributed by atoms with Gasteiger partial charge in [0.1, 0.15) is 0 Å². The lowest BCUT2D eigenvalue weighted by molar-refractivity contribution is 0.0914. The molecule has 2 atom stereocenters. The van der Waals surface area contributed by atoms with Gasteiger partial charge < -0.3 is 15.2 Å². The van der Waals surface area contributed by atoms with Crippen LogP contribution in [0.25, 0.3) is 11.4 Å². The van der Waals surface area contributed by atoms with Crippen LogP contribution in [0.15, 0.2) is 35.2 Å². The predicted molar refractivity (Wildman–Crippen MR) is 77.6 cm³/mol. The fraction of sp³-hybridized carbons (Fsp3) is 0.400. The lowest BCUT2D eigenvalue weighted by Gasteiger charge is -2.30. The van der Waals surface area contributed by atoms with Gasteiger partial charge in [0.2, 0.25) is 12.2 Å². The molecule has 2 aromatic rings. The van der Waals surface area contributed by atoms with Crippen molar-refractivity contribution in [2.24, 2.45) is 5.92 Å². The molecular weight excluding hydrogens is 268 g/mol. The lowest BCUT2D eigenvalue weighted by atomic mass is 9.95. The zero-order valence-electron chi connectivity index (χ0n) is 11.9. The highest BCUT2D eigenvalue weighted by Crippen LogP contribution is 2.16. The van der Waals surface area contributed by atoms with Crippen molar-refractivity contribution in [3.63, 3.8) is 0 Å². The van der Waals surface area contributed by atoms with E-state index in [0.29, 0.717) is 17.3 Å². The van der Waals surface area contributed by atoms with E-state index in [1.54, 1.807) is 12.1 Å². The molecule has 3 rings (SSSR count). The molecule has 21 heavy (non-hydrogen) atoms. The Kier molecular flexibility index (Phi) is 3.96. The van der Waals surface area contributed by atoms with E-state index in [-0.39, 0.29) is 11.9 Å². The zero-order chi connectivity index (χ0) is 14.7. The summed E-state index contributed by atoms with van der Waals surface area (Å²) in [6.45, 7) is 4.05. The molecule has 1 saturated heterocycles. The van der Waals surface area contributed by atoms with Crippen LogP contribution in [0.4, 0.5) is 0 Å². The van der Waals surface area contributed by atoms with E-state index in [1.807, 2.05) is 12.1 Å². The van der Waals surface area contributed by atoms with Gasteiger partial charge in [0, 0.05) is 17.2 Å². The molecule has 1 aromatic carbocycles. The summed E-state index contributed by atoms with van der Waals surface area (Å²) >= 11 is 0. The normalized spacial score (nSPS) is 22.0. The van der Waals surface area contributed by atoms with Gasteiger partial charge in [-0.1, -0.05) is 24.2 Å². The number of rotatable bonds is 3. The third-order valence-electron chi connectivity index (χ3n) is 3.87. The van der Waals surface area contributed by atoms with Gasteiger partial charge in [-0.05, 0) is 37.6 Å². The molecule has 6 heteroatoms. The number of piperidine rings is 1. The summed E-state index contributed by atoms with van der Waals surface area (Å²) in [4.78, 5) is 16.3. The number of carbonyl (C=O) groups excluding carboxylic acids is 1. The molecule has 1 fully saturated rings. The summed E-state index contributed by atoms with van der Waals surface area (Å²) in [6, 6.07) is 7.45. The Morgan fingerprint density at radius 3 is 2.86 bits per heavy atom. The Hall–Kier alpha value is -2.21. The van der Waals surface area contributed by atoms with Crippen molar-refractivity contribution in [1.82, 2.24) is 20.8 Å². The number of hydrogen-bond acceptors (Lipinski definition) is 5. The summed E-state index contributed by atoms with van der Waals surface area (Å²) in [6.07, 6.45) is 2.25. The van der Waals surface area contributed by atoms with Crippen LogP contribution in [-0.4, -0.2) is 35.2 Å². The molecule has 0 radical (unpaired) electrons. The molecule has 2 N–H and O–H groups in total. The van der Waals surface area contributed by atoms with Gasteiger partial charge in [-0.3, -0.25) is 4.79 Å². The molecule has 6 nitrogen and oxygen atoms in total. The average Bonchev–Trinajstić information content (AvgIpc) is 3.04. The number of hydrogen-bond donors (Lipinski definition) is 2. The zero-order valence-corrected chi connectivity index (χ0v) is 11.9. The van der Waals surface area contributed by atoms with E-state index >= 15 is 0 Å². The van der Waals surface area contributed by atoms with Crippen LogP contribution in [0.1, 0.15) is 23.7 Å². The highest BCUT2D eigenvalue weighted by atomic mass is 16.5. The second kappa shape index (κ2) is 6.05. The number of benzene rings is 1. The maximum Gasteiger partial charge on any atom is 0.251 e. The van der Waals surface area contributed by atoms with Crippen molar-refractivity contribution in [2.45, 2.75) is 19.4 Å². The summed E-state index contributed by atoms with van der Waals surface area (Å²) in [5.74, 6) is 0.934. The largest absolute Gasteiger partial charge is 0.349 e. The molecule has 1 aliphatic heterocycles. The van der Waals surface area contributed by atoms with E-state index in [2.05, 4.69) is 27.7 Å². The number of nitrogens with one attached hydrogen (secondary N) is 2. The van der Waals surface area contributed by atoms with Gasteiger partial charge in [0.25, 0.3) is 5.91 Å². The summed E-state index contributed by atoms with van der Waals surface area (Å²) in [7, 11) is 0. The standard InChI is InChI=1S/C15H18N4O2/c1-10-8-16-7-6-13(10)18-15(20)12-4-2-11(3-5-12)14-17-9-21-19-14/h2-5,9-10,13,16H,6-8H2,1H3,(H,18,20). The molecule has 2 heterocycles. The SMILES string of the molecule is CC1CNCCC1NC(=O)c1ccc(-c2ncon2)cc1.